The van der Waals surface area contributed by atoms with Gasteiger partial charge in [0.05, 0.1) is 11.2 Å². The second kappa shape index (κ2) is 6.78. The molecule has 138 valence electrons. The van der Waals surface area contributed by atoms with Gasteiger partial charge in [-0.2, -0.15) is 0 Å². The molecule has 3 aromatic rings. The van der Waals surface area contributed by atoms with Gasteiger partial charge < -0.3 is 16.0 Å². The fourth-order valence-electron chi connectivity index (χ4n) is 3.70. The lowest BCUT2D eigenvalue weighted by Crippen LogP contribution is -2.51. The van der Waals surface area contributed by atoms with E-state index in [1.54, 1.807) is 6.20 Å². The van der Waals surface area contributed by atoms with Crippen LogP contribution in [0, 0.1) is 0 Å². The largest absolute Gasteiger partial charge is 0.382 e. The van der Waals surface area contributed by atoms with Crippen molar-refractivity contribution < 1.29 is 0 Å². The van der Waals surface area contributed by atoms with Crippen molar-refractivity contribution in [2.45, 2.75) is 34.8 Å². The molecule has 2 atom stereocenters. The molecule has 0 aromatic carbocycles. The summed E-state index contributed by atoms with van der Waals surface area (Å²) in [5.41, 5.74) is 7.19. The van der Waals surface area contributed by atoms with Gasteiger partial charge in [0, 0.05) is 36.3 Å². The van der Waals surface area contributed by atoms with E-state index in [0.717, 1.165) is 34.3 Å². The van der Waals surface area contributed by atoms with E-state index in [-0.39, 0.29) is 0 Å². The highest BCUT2D eigenvalue weighted by molar-refractivity contribution is 7.99. The van der Waals surface area contributed by atoms with E-state index in [2.05, 4.69) is 25.2 Å². The van der Waals surface area contributed by atoms with E-state index in [1.165, 1.54) is 24.6 Å². The summed E-state index contributed by atoms with van der Waals surface area (Å²) in [6.45, 7) is 1.97. The second-order valence-corrected chi connectivity index (χ2v) is 8.31. The fourth-order valence-corrected chi connectivity index (χ4v) is 4.75. The van der Waals surface area contributed by atoms with Gasteiger partial charge in [-0.15, -0.1) is 0 Å². The van der Waals surface area contributed by atoms with Gasteiger partial charge in [-0.3, -0.25) is 0 Å². The topological polar surface area (TPSA) is 92.8 Å². The Hall–Kier alpha value is -2.16. The average molecular weight is 400 g/mol. The summed E-state index contributed by atoms with van der Waals surface area (Å²) in [4.78, 5) is 21.1. The molecule has 5 heterocycles. The molecule has 5 rings (SSSR count). The number of aromatic nitrogens is 4. The maximum atomic E-state index is 6.22. The molecule has 7 nitrogen and oxygen atoms in total. The van der Waals surface area contributed by atoms with E-state index in [9.17, 15) is 0 Å². The van der Waals surface area contributed by atoms with Crippen molar-refractivity contribution in [3.63, 3.8) is 0 Å². The molecule has 0 aliphatic carbocycles. The number of nitrogens with zero attached hydrogens (tertiary/aromatic N) is 5. The minimum Gasteiger partial charge on any atom is -0.382 e. The second-order valence-electron chi connectivity index (χ2n) is 6.87. The third-order valence-corrected chi connectivity index (χ3v) is 6.51. The summed E-state index contributed by atoms with van der Waals surface area (Å²) in [5, 5.41) is 4.87. The van der Waals surface area contributed by atoms with Crippen LogP contribution in [0.4, 0.5) is 11.6 Å². The van der Waals surface area contributed by atoms with Gasteiger partial charge in [0.1, 0.15) is 22.2 Å². The standard InChI is InChI=1S/C18H18ClN7S/c19-16-13(5-6-21-17(16)20)27-15-4-3-12-18(25-15)22-7-14(24-12)26-8-10-1-2-11(9-26)23-10/h3-7,10-11,23H,1-2,8-9H2,(H2,20,21). The molecule has 0 saturated carbocycles. The van der Waals surface area contributed by atoms with Crippen molar-refractivity contribution in [3.05, 3.63) is 35.6 Å². The number of nitrogens with one attached hydrogen (secondary N) is 1. The van der Waals surface area contributed by atoms with E-state index in [1.807, 2.05) is 24.4 Å². The van der Waals surface area contributed by atoms with Crippen molar-refractivity contribution in [2.24, 2.45) is 0 Å². The highest BCUT2D eigenvalue weighted by Gasteiger charge is 2.32. The molecule has 0 amide bonds. The zero-order valence-corrected chi connectivity index (χ0v) is 16.0. The van der Waals surface area contributed by atoms with Crippen LogP contribution in [0.2, 0.25) is 5.02 Å². The van der Waals surface area contributed by atoms with E-state index < -0.39 is 0 Å². The van der Waals surface area contributed by atoms with Crippen LogP contribution < -0.4 is 16.0 Å². The lowest BCUT2D eigenvalue weighted by atomic mass is 10.2. The lowest BCUT2D eigenvalue weighted by molar-refractivity contribution is 0.463. The summed E-state index contributed by atoms with van der Waals surface area (Å²) in [5.74, 6) is 1.24. The fraction of sp³-hybridized carbons (Fsp3) is 0.333. The Balaban J connectivity index is 1.41. The Morgan fingerprint density at radius 1 is 1.11 bits per heavy atom. The van der Waals surface area contributed by atoms with Crippen LogP contribution >= 0.6 is 23.4 Å². The summed E-state index contributed by atoms with van der Waals surface area (Å²) >= 11 is 7.66. The molecule has 3 N–H and O–H groups in total. The molecule has 0 spiro atoms. The zero-order chi connectivity index (χ0) is 18.4. The molecular formula is C18H18ClN7S. The predicted molar refractivity (Wildman–Crippen MR) is 107 cm³/mol. The molecule has 3 aromatic heterocycles. The number of pyridine rings is 2. The first kappa shape index (κ1) is 17.0. The van der Waals surface area contributed by atoms with Gasteiger partial charge in [0.25, 0.3) is 0 Å². The number of hydrogen-bond donors (Lipinski definition) is 2. The van der Waals surface area contributed by atoms with Crippen LogP contribution in [0.3, 0.4) is 0 Å². The molecule has 2 fully saturated rings. The summed E-state index contributed by atoms with van der Waals surface area (Å²) in [6.07, 6.45) is 5.95. The first-order valence-electron chi connectivity index (χ1n) is 8.88. The van der Waals surface area contributed by atoms with Gasteiger partial charge in [-0.1, -0.05) is 23.4 Å². The van der Waals surface area contributed by atoms with E-state index in [4.69, 9.17) is 22.3 Å². The van der Waals surface area contributed by atoms with Crippen LogP contribution in [-0.4, -0.2) is 45.1 Å². The molecule has 2 bridgehead atoms. The van der Waals surface area contributed by atoms with Crippen LogP contribution in [-0.2, 0) is 0 Å². The van der Waals surface area contributed by atoms with Gasteiger partial charge in [0.15, 0.2) is 5.65 Å². The Morgan fingerprint density at radius 3 is 2.74 bits per heavy atom. The van der Waals surface area contributed by atoms with Crippen LogP contribution in [0.25, 0.3) is 11.2 Å². The van der Waals surface area contributed by atoms with Crippen molar-refractivity contribution in [1.29, 1.82) is 0 Å². The maximum absolute atomic E-state index is 6.22. The lowest BCUT2D eigenvalue weighted by Gasteiger charge is -2.33. The third-order valence-electron chi connectivity index (χ3n) is 5.00. The van der Waals surface area contributed by atoms with Crippen LogP contribution in [0.1, 0.15) is 12.8 Å². The van der Waals surface area contributed by atoms with Gasteiger partial charge >= 0.3 is 0 Å². The monoisotopic (exact) mass is 399 g/mol. The first-order chi connectivity index (χ1) is 13.2. The number of rotatable bonds is 3. The third kappa shape index (κ3) is 3.28. The zero-order valence-electron chi connectivity index (χ0n) is 14.5. The quantitative estimate of drug-likeness (QED) is 0.694. The Kier molecular flexibility index (Phi) is 4.26. The first-order valence-corrected chi connectivity index (χ1v) is 10.1. The smallest absolute Gasteiger partial charge is 0.179 e. The minimum atomic E-state index is 0.317. The number of nitrogens with two attached hydrogens (primary N) is 1. The van der Waals surface area contributed by atoms with Crippen molar-refractivity contribution in [3.8, 4) is 0 Å². The number of halogens is 1. The molecule has 2 aliphatic rings. The molecular weight excluding hydrogens is 382 g/mol. The SMILES string of the molecule is Nc1nccc(Sc2ccc3nc(N4CC5CCC(C4)N5)cnc3n2)c1Cl. The molecule has 2 unspecified atom stereocenters. The summed E-state index contributed by atoms with van der Waals surface area (Å²) in [7, 11) is 0. The van der Waals surface area contributed by atoms with E-state index in [0.29, 0.717) is 28.6 Å². The molecule has 2 aliphatic heterocycles. The average Bonchev–Trinajstić information content (AvgIpc) is 3.02. The number of piperazine rings is 1. The maximum Gasteiger partial charge on any atom is 0.179 e. The van der Waals surface area contributed by atoms with E-state index >= 15 is 0 Å². The number of fused-ring (bicyclic) bond motifs is 3. The van der Waals surface area contributed by atoms with Crippen molar-refractivity contribution in [2.75, 3.05) is 23.7 Å². The molecule has 0 radical (unpaired) electrons. The van der Waals surface area contributed by atoms with Crippen LogP contribution in [0.5, 0.6) is 0 Å². The summed E-state index contributed by atoms with van der Waals surface area (Å²) < 4.78 is 0. The summed E-state index contributed by atoms with van der Waals surface area (Å²) in [6, 6.07) is 6.84. The number of nitrogen functional groups attached to an aromatic ring is 1. The van der Waals surface area contributed by atoms with Gasteiger partial charge in [0.2, 0.25) is 0 Å². The Morgan fingerprint density at radius 2 is 1.93 bits per heavy atom. The van der Waals surface area contributed by atoms with Crippen molar-refractivity contribution >= 4 is 46.2 Å². The number of hydrogen-bond acceptors (Lipinski definition) is 8. The van der Waals surface area contributed by atoms with Crippen LogP contribution in [0.15, 0.2) is 40.5 Å². The highest BCUT2D eigenvalue weighted by atomic mass is 35.5. The Labute approximate surface area is 165 Å². The van der Waals surface area contributed by atoms with Gasteiger partial charge in [-0.05, 0) is 31.0 Å². The predicted octanol–water partition coefficient (Wildman–Crippen LogP) is 2.75. The minimum absolute atomic E-state index is 0.317. The molecule has 27 heavy (non-hydrogen) atoms. The normalized spacial score (nSPS) is 21.7. The highest BCUT2D eigenvalue weighted by Crippen LogP contribution is 2.35. The Bertz CT molecular complexity index is 1000. The van der Waals surface area contributed by atoms with Crippen molar-refractivity contribution in [1.82, 2.24) is 25.3 Å². The molecule has 9 heteroatoms. The molecule has 2 saturated heterocycles. The number of anilines is 2. The van der Waals surface area contributed by atoms with Gasteiger partial charge in [-0.25, -0.2) is 19.9 Å².